The fourth-order valence-corrected chi connectivity index (χ4v) is 1.06. The molecule has 1 aromatic rings. The molecule has 0 aliphatic carbocycles. The third kappa shape index (κ3) is 2.91. The van der Waals surface area contributed by atoms with E-state index in [1.165, 1.54) is 0 Å². The summed E-state index contributed by atoms with van der Waals surface area (Å²) >= 11 is 0. The normalized spacial score (nSPS) is 12.4. The van der Waals surface area contributed by atoms with Gasteiger partial charge < -0.3 is 10.8 Å². The molecule has 0 amide bonds. The molecular formula is C9H10BNO2. The maximum Gasteiger partial charge on any atom is 0.320 e. The SMILES string of the molecule is [B]c1cccc(C[C@H](N)C(=O)O)c1. The first-order valence-electron chi connectivity index (χ1n) is 3.92. The van der Waals surface area contributed by atoms with Crippen LogP contribution in [0.5, 0.6) is 0 Å². The van der Waals surface area contributed by atoms with Crippen LogP contribution in [-0.4, -0.2) is 25.0 Å². The van der Waals surface area contributed by atoms with Crippen LogP contribution >= 0.6 is 0 Å². The van der Waals surface area contributed by atoms with Crippen molar-refractivity contribution in [3.8, 4) is 0 Å². The number of benzene rings is 1. The molecule has 0 heterocycles. The van der Waals surface area contributed by atoms with Gasteiger partial charge >= 0.3 is 5.97 Å². The molecule has 0 spiro atoms. The minimum Gasteiger partial charge on any atom is -0.480 e. The van der Waals surface area contributed by atoms with E-state index < -0.39 is 12.0 Å². The highest BCUT2D eigenvalue weighted by molar-refractivity contribution is 6.32. The zero-order valence-corrected chi connectivity index (χ0v) is 7.10. The Morgan fingerprint density at radius 3 is 2.85 bits per heavy atom. The topological polar surface area (TPSA) is 63.3 Å². The molecule has 66 valence electrons. The van der Waals surface area contributed by atoms with Crippen molar-refractivity contribution in [1.82, 2.24) is 0 Å². The second-order valence-corrected chi connectivity index (χ2v) is 2.89. The quantitative estimate of drug-likeness (QED) is 0.605. The van der Waals surface area contributed by atoms with E-state index in [0.717, 1.165) is 5.56 Å². The fraction of sp³-hybridized carbons (Fsp3) is 0.222. The highest BCUT2D eigenvalue weighted by Gasteiger charge is 2.11. The third-order valence-electron chi connectivity index (χ3n) is 1.72. The molecule has 1 rings (SSSR count). The standard InChI is InChI=1S/C9H10BNO2/c10-7-3-1-2-6(4-7)5-8(11)9(12)13/h1-4,8H,5,11H2,(H,12,13)/t8-/m0/s1. The van der Waals surface area contributed by atoms with Crippen molar-refractivity contribution in [2.45, 2.75) is 12.5 Å². The Hall–Kier alpha value is -1.29. The number of rotatable bonds is 3. The largest absolute Gasteiger partial charge is 0.480 e. The van der Waals surface area contributed by atoms with Crippen molar-refractivity contribution in [2.75, 3.05) is 0 Å². The van der Waals surface area contributed by atoms with Crippen LogP contribution in [0.1, 0.15) is 5.56 Å². The summed E-state index contributed by atoms with van der Waals surface area (Å²) in [6.45, 7) is 0. The van der Waals surface area contributed by atoms with Gasteiger partial charge in [-0.2, -0.15) is 0 Å². The van der Waals surface area contributed by atoms with Crippen molar-refractivity contribution in [1.29, 1.82) is 0 Å². The minimum absolute atomic E-state index is 0.306. The summed E-state index contributed by atoms with van der Waals surface area (Å²) in [7, 11) is 5.52. The molecular weight excluding hydrogens is 165 g/mol. The van der Waals surface area contributed by atoms with Gasteiger partial charge in [0.25, 0.3) is 0 Å². The Balaban J connectivity index is 2.69. The monoisotopic (exact) mass is 175 g/mol. The van der Waals surface area contributed by atoms with Crippen molar-refractivity contribution in [3.63, 3.8) is 0 Å². The van der Waals surface area contributed by atoms with Crippen molar-refractivity contribution < 1.29 is 9.90 Å². The summed E-state index contributed by atoms with van der Waals surface area (Å²) in [5.74, 6) is -0.998. The van der Waals surface area contributed by atoms with E-state index >= 15 is 0 Å². The van der Waals surface area contributed by atoms with Gasteiger partial charge in [-0.05, 0) is 12.0 Å². The predicted molar refractivity (Wildman–Crippen MR) is 51.1 cm³/mol. The molecule has 0 saturated carbocycles. The highest BCUT2D eigenvalue weighted by Crippen LogP contribution is 1.99. The van der Waals surface area contributed by atoms with Crippen molar-refractivity contribution in [2.24, 2.45) is 5.73 Å². The molecule has 0 aliphatic heterocycles. The van der Waals surface area contributed by atoms with Gasteiger partial charge in [-0.25, -0.2) is 0 Å². The molecule has 0 bridgehead atoms. The minimum atomic E-state index is -0.998. The highest BCUT2D eigenvalue weighted by atomic mass is 16.4. The molecule has 0 fully saturated rings. The van der Waals surface area contributed by atoms with Gasteiger partial charge in [-0.15, -0.1) is 0 Å². The maximum absolute atomic E-state index is 10.4. The first-order valence-corrected chi connectivity index (χ1v) is 3.92. The van der Waals surface area contributed by atoms with E-state index in [1.807, 2.05) is 0 Å². The van der Waals surface area contributed by atoms with Crippen LogP contribution in [0.4, 0.5) is 0 Å². The summed E-state index contributed by atoms with van der Waals surface area (Å²) < 4.78 is 0. The lowest BCUT2D eigenvalue weighted by atomic mass is 9.93. The molecule has 3 N–H and O–H groups in total. The lowest BCUT2D eigenvalue weighted by molar-refractivity contribution is -0.138. The summed E-state index contributed by atoms with van der Waals surface area (Å²) in [5, 5.41) is 8.56. The van der Waals surface area contributed by atoms with E-state index in [1.54, 1.807) is 24.3 Å². The van der Waals surface area contributed by atoms with Gasteiger partial charge in [-0.1, -0.05) is 29.7 Å². The number of carbonyl (C=O) groups is 1. The average Bonchev–Trinajstić information content (AvgIpc) is 2.04. The Bertz CT molecular complexity index is 314. The van der Waals surface area contributed by atoms with Crippen LogP contribution < -0.4 is 11.2 Å². The van der Waals surface area contributed by atoms with Gasteiger partial charge in [0.05, 0.1) is 0 Å². The Labute approximate surface area is 78.0 Å². The molecule has 4 heteroatoms. The Kier molecular flexibility index (Phi) is 3.09. The second kappa shape index (κ2) is 4.09. The van der Waals surface area contributed by atoms with Crippen molar-refractivity contribution >= 4 is 19.3 Å². The number of hydrogen-bond donors (Lipinski definition) is 2. The van der Waals surface area contributed by atoms with Crippen LogP contribution in [0.2, 0.25) is 0 Å². The summed E-state index contributed by atoms with van der Waals surface area (Å²) in [6, 6.07) is 6.19. The van der Waals surface area contributed by atoms with Crippen molar-refractivity contribution in [3.05, 3.63) is 29.8 Å². The average molecular weight is 175 g/mol. The van der Waals surface area contributed by atoms with E-state index in [-0.39, 0.29) is 0 Å². The zero-order chi connectivity index (χ0) is 9.84. The number of hydrogen-bond acceptors (Lipinski definition) is 2. The van der Waals surface area contributed by atoms with E-state index in [9.17, 15) is 4.79 Å². The maximum atomic E-state index is 10.4. The van der Waals surface area contributed by atoms with E-state index in [4.69, 9.17) is 18.7 Å². The first-order chi connectivity index (χ1) is 6.09. The summed E-state index contributed by atoms with van der Waals surface area (Å²) in [5.41, 5.74) is 6.82. The van der Waals surface area contributed by atoms with Crippen LogP contribution in [0.3, 0.4) is 0 Å². The number of carboxylic acids is 1. The molecule has 13 heavy (non-hydrogen) atoms. The van der Waals surface area contributed by atoms with Crippen LogP contribution in [0.15, 0.2) is 24.3 Å². The van der Waals surface area contributed by atoms with Gasteiger partial charge in [0, 0.05) is 0 Å². The Morgan fingerprint density at radius 1 is 1.62 bits per heavy atom. The predicted octanol–water partition coefficient (Wildman–Crippen LogP) is -0.565. The number of carboxylic acid groups (broad SMARTS) is 1. The lowest BCUT2D eigenvalue weighted by Gasteiger charge is -2.06. The summed E-state index contributed by atoms with van der Waals surface area (Å²) in [4.78, 5) is 10.4. The van der Waals surface area contributed by atoms with Crippen LogP contribution in [-0.2, 0) is 11.2 Å². The molecule has 2 radical (unpaired) electrons. The van der Waals surface area contributed by atoms with E-state index in [0.29, 0.717) is 11.9 Å². The third-order valence-corrected chi connectivity index (χ3v) is 1.72. The zero-order valence-electron chi connectivity index (χ0n) is 7.10. The molecule has 0 unspecified atom stereocenters. The molecule has 3 nitrogen and oxygen atoms in total. The summed E-state index contributed by atoms with van der Waals surface area (Å²) in [6.07, 6.45) is 0.306. The number of aliphatic carboxylic acids is 1. The van der Waals surface area contributed by atoms with Gasteiger partial charge in [0.1, 0.15) is 13.9 Å². The number of nitrogens with two attached hydrogens (primary N) is 1. The molecule has 0 aliphatic rings. The Morgan fingerprint density at radius 2 is 2.31 bits per heavy atom. The van der Waals surface area contributed by atoms with Gasteiger partial charge in [-0.3, -0.25) is 4.79 Å². The van der Waals surface area contributed by atoms with Crippen LogP contribution in [0.25, 0.3) is 0 Å². The smallest absolute Gasteiger partial charge is 0.320 e. The molecule has 1 atom stereocenters. The molecule has 0 saturated heterocycles. The molecule has 1 aromatic carbocycles. The van der Waals surface area contributed by atoms with E-state index in [2.05, 4.69) is 0 Å². The van der Waals surface area contributed by atoms with Crippen LogP contribution in [0, 0.1) is 0 Å². The fourth-order valence-electron chi connectivity index (χ4n) is 1.06. The lowest BCUT2D eigenvalue weighted by Crippen LogP contribution is -2.32. The molecule has 0 aromatic heterocycles. The second-order valence-electron chi connectivity index (χ2n) is 2.89. The first kappa shape index (κ1) is 9.80. The van der Waals surface area contributed by atoms with Gasteiger partial charge in [0.2, 0.25) is 0 Å². The van der Waals surface area contributed by atoms with Gasteiger partial charge in [0.15, 0.2) is 0 Å².